The number of hydrogen-bond donors (Lipinski definition) is 1. The normalized spacial score (nSPS) is 11.1. The van der Waals surface area contributed by atoms with Crippen LogP contribution in [-0.2, 0) is 0 Å². The van der Waals surface area contributed by atoms with E-state index in [0.717, 1.165) is 5.01 Å². The molecule has 17 heavy (non-hydrogen) atoms. The van der Waals surface area contributed by atoms with Crippen LogP contribution in [0.3, 0.4) is 0 Å². The summed E-state index contributed by atoms with van der Waals surface area (Å²) in [6.07, 6.45) is 0. The van der Waals surface area contributed by atoms with Gasteiger partial charge in [-0.25, -0.2) is 9.37 Å². The first-order valence-electron chi connectivity index (χ1n) is 5.20. The minimum absolute atomic E-state index is 0.301. The second-order valence-electron chi connectivity index (χ2n) is 4.04. The molecule has 1 aromatic carbocycles. The van der Waals surface area contributed by atoms with E-state index in [2.05, 4.69) is 20.9 Å². The molecular formula is C12H12BrFN2S. The Morgan fingerprint density at radius 1 is 1.41 bits per heavy atom. The zero-order chi connectivity index (χ0) is 12.6. The van der Waals surface area contributed by atoms with E-state index >= 15 is 0 Å². The fourth-order valence-corrected chi connectivity index (χ4v) is 2.65. The fraction of sp³-hybridized carbons (Fsp3) is 0.250. The van der Waals surface area contributed by atoms with Crippen molar-refractivity contribution in [2.24, 2.45) is 0 Å². The van der Waals surface area contributed by atoms with Crippen molar-refractivity contribution < 1.29 is 4.39 Å². The van der Waals surface area contributed by atoms with Crippen LogP contribution < -0.4 is 5.73 Å². The maximum atomic E-state index is 13.8. The van der Waals surface area contributed by atoms with Gasteiger partial charge in [0.15, 0.2) is 0 Å². The van der Waals surface area contributed by atoms with Crippen molar-refractivity contribution in [1.29, 1.82) is 0 Å². The van der Waals surface area contributed by atoms with Crippen molar-refractivity contribution in [2.75, 3.05) is 5.73 Å². The molecule has 0 saturated heterocycles. The summed E-state index contributed by atoms with van der Waals surface area (Å²) in [7, 11) is 0. The highest BCUT2D eigenvalue weighted by molar-refractivity contribution is 9.10. The van der Waals surface area contributed by atoms with Gasteiger partial charge in [-0.1, -0.05) is 29.8 Å². The third kappa shape index (κ3) is 2.50. The fourth-order valence-electron chi connectivity index (χ4n) is 1.47. The average Bonchev–Trinajstić information content (AvgIpc) is 2.61. The van der Waals surface area contributed by atoms with Gasteiger partial charge in [0.2, 0.25) is 0 Å². The topological polar surface area (TPSA) is 38.9 Å². The van der Waals surface area contributed by atoms with Gasteiger partial charge in [-0.15, -0.1) is 11.3 Å². The summed E-state index contributed by atoms with van der Waals surface area (Å²) in [5, 5.41) is 1.50. The largest absolute Gasteiger partial charge is 0.389 e. The third-order valence-electron chi connectivity index (χ3n) is 2.35. The van der Waals surface area contributed by atoms with Crippen LogP contribution in [0.4, 0.5) is 9.39 Å². The van der Waals surface area contributed by atoms with Gasteiger partial charge < -0.3 is 5.73 Å². The van der Waals surface area contributed by atoms with Crippen molar-refractivity contribution in [3.63, 3.8) is 0 Å². The molecule has 0 aliphatic heterocycles. The van der Waals surface area contributed by atoms with Crippen LogP contribution in [-0.4, -0.2) is 4.98 Å². The number of anilines is 1. The van der Waals surface area contributed by atoms with Crippen LogP contribution >= 0.6 is 27.3 Å². The highest BCUT2D eigenvalue weighted by atomic mass is 79.9. The molecule has 2 N–H and O–H groups in total. The molecule has 1 aromatic heterocycles. The summed E-state index contributed by atoms with van der Waals surface area (Å²) >= 11 is 4.65. The van der Waals surface area contributed by atoms with Crippen LogP contribution in [0.1, 0.15) is 24.8 Å². The Balaban J connectivity index is 2.52. The molecule has 5 heteroatoms. The Kier molecular flexibility index (Phi) is 3.49. The van der Waals surface area contributed by atoms with Gasteiger partial charge in [0.1, 0.15) is 16.5 Å². The van der Waals surface area contributed by atoms with Gasteiger partial charge in [-0.3, -0.25) is 0 Å². The lowest BCUT2D eigenvalue weighted by molar-refractivity contribution is 0.630. The zero-order valence-corrected chi connectivity index (χ0v) is 11.9. The van der Waals surface area contributed by atoms with Crippen molar-refractivity contribution in [2.45, 2.75) is 19.8 Å². The van der Waals surface area contributed by atoms with Crippen LogP contribution in [0, 0.1) is 5.82 Å². The number of rotatable bonds is 2. The van der Waals surface area contributed by atoms with E-state index in [1.54, 1.807) is 12.1 Å². The molecule has 0 unspecified atom stereocenters. The number of nitrogens with two attached hydrogens (primary N) is 1. The zero-order valence-electron chi connectivity index (χ0n) is 9.50. The minimum atomic E-state index is -0.313. The number of nitrogen functional groups attached to an aromatic ring is 1. The predicted octanol–water partition coefficient (Wildman–Crippen LogP) is 4.42. The first-order valence-corrected chi connectivity index (χ1v) is 6.81. The SMILES string of the molecule is CC(C)c1nc(-c2ccc(Br)cc2F)c(N)s1. The highest BCUT2D eigenvalue weighted by Crippen LogP contribution is 2.35. The first-order chi connectivity index (χ1) is 7.99. The summed E-state index contributed by atoms with van der Waals surface area (Å²) in [6, 6.07) is 4.89. The molecule has 0 fully saturated rings. The molecule has 0 aliphatic carbocycles. The van der Waals surface area contributed by atoms with Gasteiger partial charge in [-0.05, 0) is 18.2 Å². The maximum Gasteiger partial charge on any atom is 0.133 e. The summed E-state index contributed by atoms with van der Waals surface area (Å²) in [4.78, 5) is 4.41. The lowest BCUT2D eigenvalue weighted by Gasteiger charge is -2.01. The quantitative estimate of drug-likeness (QED) is 0.891. The Labute approximate surface area is 112 Å². The molecule has 0 spiro atoms. The summed E-state index contributed by atoms with van der Waals surface area (Å²) < 4.78 is 14.5. The summed E-state index contributed by atoms with van der Waals surface area (Å²) in [6.45, 7) is 4.08. The Morgan fingerprint density at radius 3 is 2.65 bits per heavy atom. The molecule has 2 nitrogen and oxygen atoms in total. The van der Waals surface area contributed by atoms with Crippen molar-refractivity contribution >= 4 is 32.3 Å². The smallest absolute Gasteiger partial charge is 0.133 e. The molecule has 0 radical (unpaired) electrons. The molecule has 2 aromatic rings. The molecule has 1 heterocycles. The molecular weight excluding hydrogens is 303 g/mol. The number of thiazole rings is 1. The Morgan fingerprint density at radius 2 is 2.12 bits per heavy atom. The number of benzene rings is 1. The van der Waals surface area contributed by atoms with Gasteiger partial charge in [0.05, 0.1) is 5.01 Å². The number of hydrogen-bond acceptors (Lipinski definition) is 3. The van der Waals surface area contributed by atoms with E-state index < -0.39 is 0 Å². The van der Waals surface area contributed by atoms with E-state index in [4.69, 9.17) is 5.73 Å². The van der Waals surface area contributed by atoms with Crippen molar-refractivity contribution in [3.8, 4) is 11.3 Å². The molecule has 0 saturated carbocycles. The Hall–Kier alpha value is -0.940. The summed E-state index contributed by atoms with van der Waals surface area (Å²) in [5.41, 5.74) is 6.89. The first kappa shape index (κ1) is 12.5. The van der Waals surface area contributed by atoms with E-state index in [0.29, 0.717) is 26.6 Å². The van der Waals surface area contributed by atoms with Gasteiger partial charge in [0, 0.05) is 16.0 Å². The van der Waals surface area contributed by atoms with E-state index in [9.17, 15) is 4.39 Å². The lowest BCUT2D eigenvalue weighted by Crippen LogP contribution is -1.90. The number of halogens is 2. The molecule has 0 aliphatic rings. The van der Waals surface area contributed by atoms with E-state index in [1.807, 2.05) is 13.8 Å². The summed E-state index contributed by atoms with van der Waals surface area (Å²) in [5.74, 6) is -0.0127. The second kappa shape index (κ2) is 4.74. The second-order valence-corrected chi connectivity index (χ2v) is 6.02. The lowest BCUT2D eigenvalue weighted by atomic mass is 10.1. The van der Waals surface area contributed by atoms with Gasteiger partial charge in [-0.2, -0.15) is 0 Å². The molecule has 0 amide bonds. The van der Waals surface area contributed by atoms with E-state index in [-0.39, 0.29) is 5.82 Å². The van der Waals surface area contributed by atoms with Crippen molar-refractivity contribution in [3.05, 3.63) is 33.5 Å². The minimum Gasteiger partial charge on any atom is -0.389 e. The van der Waals surface area contributed by atoms with Crippen LogP contribution in [0.15, 0.2) is 22.7 Å². The van der Waals surface area contributed by atoms with Gasteiger partial charge in [0.25, 0.3) is 0 Å². The van der Waals surface area contributed by atoms with Gasteiger partial charge >= 0.3 is 0 Å². The van der Waals surface area contributed by atoms with Crippen LogP contribution in [0.5, 0.6) is 0 Å². The number of nitrogens with zero attached hydrogens (tertiary/aromatic N) is 1. The average molecular weight is 315 g/mol. The standard InChI is InChI=1S/C12H12BrFN2S/c1-6(2)12-16-10(11(15)17-12)8-4-3-7(13)5-9(8)14/h3-6H,15H2,1-2H3. The Bertz CT molecular complexity index is 551. The predicted molar refractivity (Wildman–Crippen MR) is 73.7 cm³/mol. The molecule has 90 valence electrons. The number of aromatic nitrogens is 1. The molecule has 0 atom stereocenters. The maximum absolute atomic E-state index is 13.8. The molecule has 0 bridgehead atoms. The van der Waals surface area contributed by atoms with Crippen LogP contribution in [0.2, 0.25) is 0 Å². The molecule has 2 rings (SSSR count). The third-order valence-corrected chi connectivity index (χ3v) is 4.03. The van der Waals surface area contributed by atoms with Crippen LogP contribution in [0.25, 0.3) is 11.3 Å². The monoisotopic (exact) mass is 314 g/mol. The van der Waals surface area contributed by atoms with Crippen molar-refractivity contribution in [1.82, 2.24) is 4.98 Å². The highest BCUT2D eigenvalue weighted by Gasteiger charge is 2.15. The van der Waals surface area contributed by atoms with E-state index in [1.165, 1.54) is 17.4 Å².